The van der Waals surface area contributed by atoms with E-state index in [0.717, 1.165) is 32.1 Å². The lowest BCUT2D eigenvalue weighted by molar-refractivity contribution is -0.870. The molecule has 0 bridgehead atoms. The van der Waals surface area contributed by atoms with Crippen molar-refractivity contribution in [3.05, 3.63) is 134 Å². The lowest BCUT2D eigenvalue weighted by Crippen LogP contribution is -2.37. The standard InChI is InChI=1S/C52H82NO10P/c1-6-8-10-11-12-13-14-15-16-17-18-19-20-21-22-23-24-28-36-42-51(56)60-46-50(47-62-64(58,59)61-45-44-53(3,4)5)63-52(57)43-37-29-26-25-27-33-39-49(55)41-35-31-30-34-40-48(54)38-32-9-7-2/h9,12-13,15-16,18-19,21-22,24,26-35,40-41,48-50,54-55H,6-8,10-11,14,17,20,23,25,36-39,42-47H2,1-5H3/p+1/b13-12-,16-15-,19-18-,22-21-,28-24-,29-26-,31-30-,32-9-,33-27-,40-34+,41-35+/t48-,49+,50+/m0/s1. The van der Waals surface area contributed by atoms with Gasteiger partial charge in [0.05, 0.1) is 40.0 Å². The number of allylic oxidation sites excluding steroid dienone is 18. The molecule has 0 fully saturated rings. The van der Waals surface area contributed by atoms with Gasteiger partial charge in [0.1, 0.15) is 19.8 Å². The Balaban J connectivity index is 4.71. The molecule has 0 aliphatic rings. The first kappa shape index (κ1) is 60.1. The zero-order valence-electron chi connectivity index (χ0n) is 39.7. The molecule has 0 saturated carbocycles. The van der Waals surface area contributed by atoms with Gasteiger partial charge in [0.15, 0.2) is 6.10 Å². The fourth-order valence-electron chi connectivity index (χ4n) is 5.20. The largest absolute Gasteiger partial charge is 0.472 e. The van der Waals surface area contributed by atoms with Crippen molar-refractivity contribution in [2.24, 2.45) is 0 Å². The molecule has 0 radical (unpaired) electrons. The second-order valence-electron chi connectivity index (χ2n) is 16.1. The van der Waals surface area contributed by atoms with Gasteiger partial charge in [-0.1, -0.05) is 160 Å². The molecule has 1 unspecified atom stereocenters. The molecule has 360 valence electrons. The summed E-state index contributed by atoms with van der Waals surface area (Å²) in [5.74, 6) is -1.08. The smallest absolute Gasteiger partial charge is 0.462 e. The molecule has 0 aliphatic carbocycles. The number of phosphoric ester groups is 1. The van der Waals surface area contributed by atoms with Gasteiger partial charge in [-0.25, -0.2) is 4.57 Å². The summed E-state index contributed by atoms with van der Waals surface area (Å²) in [6.07, 6.45) is 53.1. The van der Waals surface area contributed by atoms with Crippen molar-refractivity contribution in [2.45, 2.75) is 135 Å². The first-order valence-corrected chi connectivity index (χ1v) is 24.6. The molecule has 0 aliphatic heterocycles. The van der Waals surface area contributed by atoms with Crippen LogP contribution in [0, 0.1) is 0 Å². The zero-order chi connectivity index (χ0) is 47.4. The van der Waals surface area contributed by atoms with Gasteiger partial charge < -0.3 is 29.1 Å². The molecule has 0 aromatic rings. The Bertz CT molecular complexity index is 1580. The van der Waals surface area contributed by atoms with Crippen LogP contribution in [0.1, 0.15) is 117 Å². The number of carbonyl (C=O) groups is 2. The van der Waals surface area contributed by atoms with Crippen molar-refractivity contribution >= 4 is 19.8 Å². The third kappa shape index (κ3) is 44.7. The van der Waals surface area contributed by atoms with Gasteiger partial charge >= 0.3 is 19.8 Å². The number of likely N-dealkylation sites (N-methyl/N-ethyl adjacent to an activating group) is 1. The van der Waals surface area contributed by atoms with E-state index in [-0.39, 0.29) is 26.1 Å². The minimum absolute atomic E-state index is 0.0214. The fraction of sp³-hybridized carbons (Fsp3) is 0.538. The summed E-state index contributed by atoms with van der Waals surface area (Å²) in [7, 11) is 1.30. The van der Waals surface area contributed by atoms with E-state index in [4.69, 9.17) is 18.5 Å². The van der Waals surface area contributed by atoms with E-state index in [0.29, 0.717) is 43.1 Å². The highest BCUT2D eigenvalue weighted by Crippen LogP contribution is 2.43. The van der Waals surface area contributed by atoms with Crippen LogP contribution in [-0.4, -0.2) is 97.3 Å². The summed E-state index contributed by atoms with van der Waals surface area (Å²) in [6.45, 7) is 3.87. The van der Waals surface area contributed by atoms with Crippen molar-refractivity contribution in [3.8, 4) is 0 Å². The van der Waals surface area contributed by atoms with Gasteiger partial charge in [-0.2, -0.15) is 0 Å². The summed E-state index contributed by atoms with van der Waals surface area (Å²) in [5.41, 5.74) is 0. The number of quaternary nitrogens is 1. The monoisotopic (exact) mass is 913 g/mol. The molecule has 0 saturated heterocycles. The Morgan fingerprint density at radius 2 is 1.05 bits per heavy atom. The molecule has 11 nitrogen and oxygen atoms in total. The molecule has 4 atom stereocenters. The molecule has 3 N–H and O–H groups in total. The summed E-state index contributed by atoms with van der Waals surface area (Å²) >= 11 is 0. The summed E-state index contributed by atoms with van der Waals surface area (Å²) < 4.78 is 34.1. The SMILES string of the molecule is CC/C=C\C[C@H](O)/C=C/C=C\C=C\[C@H](O)C/C=C\C/C=C\CCC(=O)O[C@H](COC(=O)CC/C=C\C/C=C\C/C=C\C/C=C\C/C=C\CCCCC)COP(=O)(O)OCC[N+](C)(C)C. The second-order valence-corrected chi connectivity index (χ2v) is 17.6. The quantitative estimate of drug-likeness (QED) is 0.0136. The molecule has 0 heterocycles. The average molecular weight is 913 g/mol. The van der Waals surface area contributed by atoms with E-state index < -0.39 is 44.7 Å². The minimum atomic E-state index is -4.45. The van der Waals surface area contributed by atoms with Gasteiger partial charge in [0.2, 0.25) is 0 Å². The predicted octanol–water partition coefficient (Wildman–Crippen LogP) is 11.4. The average Bonchev–Trinajstić information content (AvgIpc) is 3.24. The number of unbranched alkanes of at least 4 members (excludes halogenated alkanes) is 3. The molecule has 0 aromatic carbocycles. The van der Waals surface area contributed by atoms with E-state index in [9.17, 15) is 29.3 Å². The highest BCUT2D eigenvalue weighted by molar-refractivity contribution is 7.47. The third-order valence-corrected chi connectivity index (χ3v) is 9.84. The molecular weight excluding hydrogens is 830 g/mol. The number of phosphoric acid groups is 1. The van der Waals surface area contributed by atoms with Crippen molar-refractivity contribution in [3.63, 3.8) is 0 Å². The van der Waals surface area contributed by atoms with Crippen LogP contribution in [0.4, 0.5) is 0 Å². The van der Waals surface area contributed by atoms with Gasteiger partial charge in [-0.15, -0.1) is 0 Å². The lowest BCUT2D eigenvalue weighted by Gasteiger charge is -2.24. The van der Waals surface area contributed by atoms with Gasteiger partial charge in [0, 0.05) is 12.8 Å². The summed E-state index contributed by atoms with van der Waals surface area (Å²) in [6, 6.07) is 0. The highest BCUT2D eigenvalue weighted by atomic mass is 31.2. The normalized spacial score (nSPS) is 15.7. The van der Waals surface area contributed by atoms with Crippen molar-refractivity contribution in [2.75, 3.05) is 47.5 Å². The minimum Gasteiger partial charge on any atom is -0.462 e. The van der Waals surface area contributed by atoms with Crippen LogP contribution >= 0.6 is 7.82 Å². The number of hydrogen-bond donors (Lipinski definition) is 3. The Morgan fingerprint density at radius 3 is 1.55 bits per heavy atom. The van der Waals surface area contributed by atoms with Crippen molar-refractivity contribution in [1.82, 2.24) is 0 Å². The van der Waals surface area contributed by atoms with Crippen LogP contribution in [-0.2, 0) is 32.7 Å². The number of nitrogens with zero attached hydrogens (tertiary/aromatic N) is 1. The first-order valence-electron chi connectivity index (χ1n) is 23.1. The Morgan fingerprint density at radius 1 is 0.578 bits per heavy atom. The molecule has 0 amide bonds. The maximum Gasteiger partial charge on any atom is 0.472 e. The topological polar surface area (TPSA) is 149 Å². The van der Waals surface area contributed by atoms with Crippen LogP contribution in [0.25, 0.3) is 0 Å². The second kappa shape index (κ2) is 41.8. The molecule has 0 rings (SSSR count). The number of aliphatic hydroxyl groups excluding tert-OH is 2. The van der Waals surface area contributed by atoms with Crippen LogP contribution in [0.5, 0.6) is 0 Å². The number of ether oxygens (including phenoxy) is 2. The molecule has 64 heavy (non-hydrogen) atoms. The zero-order valence-corrected chi connectivity index (χ0v) is 40.6. The van der Waals surface area contributed by atoms with Crippen molar-refractivity contribution < 1.29 is 52.3 Å². The maximum absolute atomic E-state index is 12.7. The highest BCUT2D eigenvalue weighted by Gasteiger charge is 2.27. The number of rotatable bonds is 39. The van der Waals surface area contributed by atoms with Crippen LogP contribution in [0.3, 0.4) is 0 Å². The van der Waals surface area contributed by atoms with Crippen LogP contribution < -0.4 is 0 Å². The van der Waals surface area contributed by atoms with E-state index in [1.54, 1.807) is 36.5 Å². The predicted molar refractivity (Wildman–Crippen MR) is 263 cm³/mol. The van der Waals surface area contributed by atoms with Crippen LogP contribution in [0.2, 0.25) is 0 Å². The fourth-order valence-corrected chi connectivity index (χ4v) is 5.94. The number of carbonyl (C=O) groups excluding carboxylic acids is 2. The van der Waals surface area contributed by atoms with Crippen molar-refractivity contribution in [1.29, 1.82) is 0 Å². The van der Waals surface area contributed by atoms with E-state index in [2.05, 4.69) is 55.5 Å². The van der Waals surface area contributed by atoms with E-state index >= 15 is 0 Å². The maximum atomic E-state index is 12.7. The Kier molecular flexibility index (Phi) is 39.2. The van der Waals surface area contributed by atoms with Gasteiger partial charge in [-0.3, -0.25) is 18.6 Å². The molecule has 0 spiro atoms. The Hall–Kier alpha value is -3.93. The molecule has 12 heteroatoms. The first-order chi connectivity index (χ1) is 30.8. The summed E-state index contributed by atoms with van der Waals surface area (Å²) in [4.78, 5) is 35.4. The van der Waals surface area contributed by atoms with E-state index in [1.165, 1.54) is 25.7 Å². The number of aliphatic hydroxyl groups is 2. The van der Waals surface area contributed by atoms with Gasteiger partial charge in [-0.05, 0) is 77.0 Å². The number of esters is 2. The molecule has 0 aromatic heterocycles. The lowest BCUT2D eigenvalue weighted by atomic mass is 10.2. The van der Waals surface area contributed by atoms with Crippen LogP contribution in [0.15, 0.2) is 134 Å². The van der Waals surface area contributed by atoms with E-state index in [1.807, 2.05) is 76.7 Å². The molecular formula is C52H83NO10P+. The number of hydrogen-bond acceptors (Lipinski definition) is 9. The third-order valence-electron chi connectivity index (χ3n) is 8.86. The van der Waals surface area contributed by atoms with Gasteiger partial charge in [0.25, 0.3) is 0 Å². The Labute approximate surface area is 386 Å². The summed E-state index contributed by atoms with van der Waals surface area (Å²) in [5, 5.41) is 20.0.